The van der Waals surface area contributed by atoms with Gasteiger partial charge in [-0.3, -0.25) is 9.78 Å². The molecule has 0 radical (unpaired) electrons. The summed E-state index contributed by atoms with van der Waals surface area (Å²) in [6, 6.07) is 1.98. The summed E-state index contributed by atoms with van der Waals surface area (Å²) in [7, 11) is 0. The largest absolute Gasteiger partial charge is 0.433 e. The molecule has 2 atom stereocenters. The number of halogens is 3. The van der Waals surface area contributed by atoms with Crippen molar-refractivity contribution in [3.8, 4) is 0 Å². The van der Waals surface area contributed by atoms with Gasteiger partial charge in [-0.05, 0) is 26.0 Å². The molecule has 1 aromatic rings. The minimum atomic E-state index is -4.50. The molecule has 0 bridgehead atoms. The Hall–Kier alpha value is -1.63. The molecule has 0 aromatic carbocycles. The Balaban J connectivity index is 2.13. The molecule has 20 heavy (non-hydrogen) atoms. The maximum atomic E-state index is 12.4. The summed E-state index contributed by atoms with van der Waals surface area (Å²) in [6.45, 7) is 4.54. The van der Waals surface area contributed by atoms with E-state index in [0.717, 1.165) is 18.3 Å². The molecule has 1 aliphatic heterocycles. The average Bonchev–Trinajstić information content (AvgIpc) is 2.36. The van der Waals surface area contributed by atoms with E-state index in [4.69, 9.17) is 4.74 Å². The van der Waals surface area contributed by atoms with Crippen LogP contribution in [-0.4, -0.2) is 41.1 Å². The monoisotopic (exact) mass is 288 g/mol. The van der Waals surface area contributed by atoms with Crippen LogP contribution in [0.25, 0.3) is 0 Å². The van der Waals surface area contributed by atoms with Crippen LogP contribution in [0.1, 0.15) is 29.9 Å². The second-order valence-corrected chi connectivity index (χ2v) is 4.90. The van der Waals surface area contributed by atoms with Crippen molar-refractivity contribution in [3.63, 3.8) is 0 Å². The third kappa shape index (κ3) is 3.27. The van der Waals surface area contributed by atoms with Gasteiger partial charge in [0.1, 0.15) is 5.69 Å². The predicted molar refractivity (Wildman–Crippen MR) is 65.2 cm³/mol. The Morgan fingerprint density at radius 3 is 2.35 bits per heavy atom. The predicted octanol–water partition coefficient (Wildman–Crippen LogP) is 2.35. The van der Waals surface area contributed by atoms with E-state index in [-0.39, 0.29) is 23.7 Å². The fourth-order valence-electron chi connectivity index (χ4n) is 2.21. The normalized spacial score (nSPS) is 23.8. The van der Waals surface area contributed by atoms with Gasteiger partial charge >= 0.3 is 6.18 Å². The van der Waals surface area contributed by atoms with Crippen molar-refractivity contribution in [2.75, 3.05) is 13.1 Å². The summed E-state index contributed by atoms with van der Waals surface area (Å²) >= 11 is 0. The summed E-state index contributed by atoms with van der Waals surface area (Å²) in [4.78, 5) is 17.1. The molecule has 0 unspecified atom stereocenters. The second kappa shape index (κ2) is 5.40. The van der Waals surface area contributed by atoms with E-state index in [9.17, 15) is 18.0 Å². The van der Waals surface area contributed by atoms with Crippen LogP contribution in [-0.2, 0) is 10.9 Å². The van der Waals surface area contributed by atoms with Crippen molar-refractivity contribution in [2.24, 2.45) is 0 Å². The lowest BCUT2D eigenvalue weighted by molar-refractivity contribution is -0.141. The Morgan fingerprint density at radius 2 is 1.90 bits per heavy atom. The molecule has 2 rings (SSSR count). The van der Waals surface area contributed by atoms with Crippen molar-refractivity contribution in [2.45, 2.75) is 32.2 Å². The van der Waals surface area contributed by atoms with Crippen molar-refractivity contribution in [1.82, 2.24) is 9.88 Å². The minimum Gasteiger partial charge on any atom is -0.372 e. The molecule has 1 fully saturated rings. The number of hydrogen-bond donors (Lipinski definition) is 0. The number of aromatic nitrogens is 1. The van der Waals surface area contributed by atoms with E-state index in [1.807, 2.05) is 13.8 Å². The summed E-state index contributed by atoms with van der Waals surface area (Å²) in [5, 5.41) is 0. The smallest absolute Gasteiger partial charge is 0.372 e. The summed E-state index contributed by atoms with van der Waals surface area (Å²) in [5.74, 6) is -0.326. The topological polar surface area (TPSA) is 42.4 Å². The number of carbonyl (C=O) groups is 1. The Bertz CT molecular complexity index is 477. The average molecular weight is 288 g/mol. The van der Waals surface area contributed by atoms with Crippen LogP contribution >= 0.6 is 0 Å². The van der Waals surface area contributed by atoms with E-state index >= 15 is 0 Å². The summed E-state index contributed by atoms with van der Waals surface area (Å²) in [5.41, 5.74) is -0.850. The fraction of sp³-hybridized carbons (Fsp3) is 0.538. The molecule has 0 aliphatic carbocycles. The summed E-state index contributed by atoms with van der Waals surface area (Å²) < 4.78 is 42.7. The highest BCUT2D eigenvalue weighted by molar-refractivity contribution is 5.94. The van der Waals surface area contributed by atoms with E-state index in [1.54, 1.807) is 4.90 Å². The molecular weight excluding hydrogens is 273 g/mol. The molecule has 0 N–H and O–H groups in total. The first kappa shape index (κ1) is 14.8. The third-order valence-corrected chi connectivity index (χ3v) is 3.01. The minimum absolute atomic E-state index is 0.0925. The van der Waals surface area contributed by atoms with Gasteiger partial charge in [-0.2, -0.15) is 13.2 Å². The van der Waals surface area contributed by atoms with E-state index in [0.29, 0.717) is 13.1 Å². The lowest BCUT2D eigenvalue weighted by Crippen LogP contribution is -2.48. The van der Waals surface area contributed by atoms with Crippen molar-refractivity contribution >= 4 is 5.91 Å². The van der Waals surface area contributed by atoms with E-state index < -0.39 is 11.9 Å². The van der Waals surface area contributed by atoms with E-state index in [1.165, 1.54) is 0 Å². The van der Waals surface area contributed by atoms with Gasteiger partial charge in [0, 0.05) is 19.3 Å². The molecule has 7 heteroatoms. The Morgan fingerprint density at radius 1 is 1.30 bits per heavy atom. The maximum Gasteiger partial charge on any atom is 0.433 e. The first-order valence-corrected chi connectivity index (χ1v) is 6.25. The van der Waals surface area contributed by atoms with Gasteiger partial charge in [-0.25, -0.2) is 0 Å². The standard InChI is InChI=1S/C13H15F3N2O2/c1-8-6-18(7-9(2)20-8)12(19)10-3-4-11(17-5-10)13(14,15)16/h3-5,8-9H,6-7H2,1-2H3/t8-,9-/m0/s1. The Labute approximate surface area is 114 Å². The molecule has 0 spiro atoms. The van der Waals surface area contributed by atoms with Crippen LogP contribution in [0.2, 0.25) is 0 Å². The summed E-state index contributed by atoms with van der Waals surface area (Å²) in [6.07, 6.45) is -3.71. The molecule has 1 aromatic heterocycles. The van der Waals surface area contributed by atoms with Gasteiger partial charge in [-0.15, -0.1) is 0 Å². The number of pyridine rings is 1. The van der Waals surface area contributed by atoms with Crippen molar-refractivity contribution in [1.29, 1.82) is 0 Å². The van der Waals surface area contributed by atoms with Crippen LogP contribution in [0.5, 0.6) is 0 Å². The first-order valence-electron chi connectivity index (χ1n) is 6.25. The molecular formula is C13H15F3N2O2. The number of hydrogen-bond acceptors (Lipinski definition) is 3. The van der Waals surface area contributed by atoms with Gasteiger partial charge < -0.3 is 9.64 Å². The van der Waals surface area contributed by atoms with Gasteiger partial charge in [-0.1, -0.05) is 0 Å². The van der Waals surface area contributed by atoms with Gasteiger partial charge in [0.05, 0.1) is 17.8 Å². The Kier molecular flexibility index (Phi) is 3.99. The van der Waals surface area contributed by atoms with Crippen LogP contribution in [0.4, 0.5) is 13.2 Å². The highest BCUT2D eigenvalue weighted by Crippen LogP contribution is 2.27. The number of amides is 1. The number of morpholine rings is 1. The van der Waals surface area contributed by atoms with Crippen LogP contribution in [0, 0.1) is 0 Å². The number of rotatable bonds is 1. The van der Waals surface area contributed by atoms with Gasteiger partial charge in [0.15, 0.2) is 0 Å². The molecule has 0 saturated carbocycles. The number of nitrogens with zero attached hydrogens (tertiary/aromatic N) is 2. The van der Waals surface area contributed by atoms with E-state index in [2.05, 4.69) is 4.98 Å². The zero-order valence-corrected chi connectivity index (χ0v) is 11.1. The van der Waals surface area contributed by atoms with Crippen molar-refractivity contribution in [3.05, 3.63) is 29.6 Å². The highest BCUT2D eigenvalue weighted by atomic mass is 19.4. The van der Waals surface area contributed by atoms with Crippen molar-refractivity contribution < 1.29 is 22.7 Å². The number of alkyl halides is 3. The molecule has 2 heterocycles. The number of ether oxygens (including phenoxy) is 1. The fourth-order valence-corrected chi connectivity index (χ4v) is 2.21. The lowest BCUT2D eigenvalue weighted by atomic mass is 10.1. The first-order chi connectivity index (χ1) is 9.27. The van der Waals surface area contributed by atoms with Gasteiger partial charge in [0.25, 0.3) is 5.91 Å². The third-order valence-electron chi connectivity index (χ3n) is 3.01. The molecule has 1 saturated heterocycles. The zero-order valence-electron chi connectivity index (χ0n) is 11.1. The highest BCUT2D eigenvalue weighted by Gasteiger charge is 2.33. The van der Waals surface area contributed by atoms with Crippen LogP contribution in [0.3, 0.4) is 0 Å². The second-order valence-electron chi connectivity index (χ2n) is 4.90. The molecule has 1 aliphatic rings. The number of carbonyl (C=O) groups excluding carboxylic acids is 1. The van der Waals surface area contributed by atoms with Gasteiger partial charge in [0.2, 0.25) is 0 Å². The molecule has 1 amide bonds. The lowest BCUT2D eigenvalue weighted by Gasteiger charge is -2.35. The quantitative estimate of drug-likeness (QED) is 0.796. The zero-order chi connectivity index (χ0) is 14.9. The van der Waals surface area contributed by atoms with Crippen LogP contribution in [0.15, 0.2) is 18.3 Å². The molecule has 4 nitrogen and oxygen atoms in total. The van der Waals surface area contributed by atoms with Crippen LogP contribution < -0.4 is 0 Å². The maximum absolute atomic E-state index is 12.4. The molecule has 110 valence electrons. The SMILES string of the molecule is C[C@H]1CN(C(=O)c2ccc(C(F)(F)F)nc2)C[C@H](C)O1.